The molecule has 10 nitrogen and oxygen atoms in total. The number of benzene rings is 3. The van der Waals surface area contributed by atoms with Gasteiger partial charge in [-0.2, -0.15) is 23.7 Å². The molecule has 3 aromatic carbocycles. The summed E-state index contributed by atoms with van der Waals surface area (Å²) in [6.45, 7) is 0.989. The number of aromatic nitrogens is 4. The summed E-state index contributed by atoms with van der Waals surface area (Å²) in [5.74, 6) is -1.16. The van der Waals surface area contributed by atoms with Crippen molar-refractivity contribution in [3.63, 3.8) is 0 Å². The monoisotopic (exact) mass is 617 g/mol. The van der Waals surface area contributed by atoms with E-state index in [1.54, 1.807) is 24.3 Å². The van der Waals surface area contributed by atoms with Crippen molar-refractivity contribution in [2.24, 2.45) is 0 Å². The Morgan fingerprint density at radius 2 is 1.93 bits per heavy atom. The number of carbonyl (C=O) groups is 1. The Bertz CT molecular complexity index is 1890. The molecule has 1 saturated heterocycles. The van der Waals surface area contributed by atoms with Crippen LogP contribution in [0, 0.1) is 23.0 Å². The Morgan fingerprint density at radius 3 is 2.64 bits per heavy atom. The minimum absolute atomic E-state index is 0. The molecule has 6 rings (SSSR count). The van der Waals surface area contributed by atoms with Crippen LogP contribution in [-0.2, 0) is 24.3 Å². The van der Waals surface area contributed by atoms with Gasteiger partial charge in [-0.3, -0.25) is 0 Å². The van der Waals surface area contributed by atoms with Crippen molar-refractivity contribution in [3.05, 3.63) is 107 Å². The zero-order valence-corrected chi connectivity index (χ0v) is 24.0. The summed E-state index contributed by atoms with van der Waals surface area (Å²) >= 11 is 0. The molecule has 44 heavy (non-hydrogen) atoms. The number of rotatable bonds is 10. The van der Waals surface area contributed by atoms with Crippen LogP contribution >= 0.6 is 13.5 Å². The molecule has 13 heteroatoms. The van der Waals surface area contributed by atoms with Gasteiger partial charge in [-0.05, 0) is 54.4 Å². The van der Waals surface area contributed by atoms with Crippen molar-refractivity contribution in [1.82, 2.24) is 19.5 Å². The molecular weight excluding hydrogens is 592 g/mol. The maximum atomic E-state index is 15.3. The quantitative estimate of drug-likeness (QED) is 0.215. The van der Waals surface area contributed by atoms with E-state index in [-0.39, 0.29) is 67.0 Å². The van der Waals surface area contributed by atoms with Crippen LogP contribution in [0.2, 0.25) is 0 Å². The molecule has 1 aliphatic heterocycles. The average Bonchev–Trinajstić information content (AvgIpc) is 3.31. The van der Waals surface area contributed by atoms with Gasteiger partial charge in [0, 0.05) is 31.4 Å². The van der Waals surface area contributed by atoms with E-state index in [1.165, 1.54) is 36.5 Å². The number of aromatic carboxylic acids is 1. The van der Waals surface area contributed by atoms with Crippen LogP contribution in [0.25, 0.3) is 11.0 Å². The highest BCUT2D eigenvalue weighted by Gasteiger charge is 2.23. The molecule has 0 saturated carbocycles. The zero-order chi connectivity index (χ0) is 29.9. The summed E-state index contributed by atoms with van der Waals surface area (Å²) in [4.78, 5) is 24.5. The summed E-state index contributed by atoms with van der Waals surface area (Å²) in [5.41, 5.74) is 1.95. The van der Waals surface area contributed by atoms with E-state index in [0.717, 1.165) is 12.5 Å². The largest absolute Gasteiger partial charge is 0.483 e. The maximum absolute atomic E-state index is 15.3. The molecule has 5 aromatic rings. The highest BCUT2D eigenvalue weighted by molar-refractivity contribution is 7.59. The van der Waals surface area contributed by atoms with E-state index < -0.39 is 17.6 Å². The lowest BCUT2D eigenvalue weighted by atomic mass is 10.1. The fraction of sp³-hybridized carbons (Fsp3) is 0.194. The first-order valence-electron chi connectivity index (χ1n) is 13.3. The number of carboxylic acid groups (broad SMARTS) is 1. The van der Waals surface area contributed by atoms with Crippen molar-refractivity contribution in [2.45, 2.75) is 32.1 Å². The fourth-order valence-corrected chi connectivity index (χ4v) is 4.64. The summed E-state index contributed by atoms with van der Waals surface area (Å²) in [5, 5.41) is 18.3. The van der Waals surface area contributed by atoms with Gasteiger partial charge >= 0.3 is 5.97 Å². The number of nitrogens with zero attached hydrogens (tertiary/aromatic N) is 5. The molecule has 3 heterocycles. The lowest BCUT2D eigenvalue weighted by Gasteiger charge is -2.27. The second kappa shape index (κ2) is 13.1. The van der Waals surface area contributed by atoms with Crippen LogP contribution < -0.4 is 9.47 Å². The van der Waals surface area contributed by atoms with Crippen molar-refractivity contribution in [3.8, 4) is 23.4 Å². The molecule has 2 aromatic heterocycles. The summed E-state index contributed by atoms with van der Waals surface area (Å²) < 4.78 is 48.0. The van der Waals surface area contributed by atoms with Gasteiger partial charge in [0.2, 0.25) is 5.88 Å². The minimum Gasteiger partial charge on any atom is -0.483 e. The second-order valence-electron chi connectivity index (χ2n) is 9.82. The first kappa shape index (κ1) is 30.4. The Kier molecular flexibility index (Phi) is 9.03. The molecule has 1 atom stereocenters. The van der Waals surface area contributed by atoms with Crippen molar-refractivity contribution in [2.75, 3.05) is 6.61 Å². The summed E-state index contributed by atoms with van der Waals surface area (Å²) in [7, 11) is 0. The highest BCUT2D eigenvalue weighted by atomic mass is 32.1. The van der Waals surface area contributed by atoms with Gasteiger partial charge < -0.3 is 23.9 Å². The van der Waals surface area contributed by atoms with E-state index in [4.69, 9.17) is 19.5 Å². The number of carboxylic acids is 1. The number of hydrogen-bond donors (Lipinski definition) is 1. The average molecular weight is 618 g/mol. The summed E-state index contributed by atoms with van der Waals surface area (Å²) in [6.07, 6.45) is 2.46. The third-order valence-electron chi connectivity index (χ3n) is 6.95. The molecule has 1 aliphatic rings. The molecule has 1 fully saturated rings. The number of hydrogen-bond acceptors (Lipinski definition) is 8. The van der Waals surface area contributed by atoms with E-state index in [2.05, 4.69) is 15.0 Å². The Morgan fingerprint density at radius 1 is 1.09 bits per heavy atom. The Balaban J connectivity index is 0.00000384. The van der Waals surface area contributed by atoms with E-state index in [9.17, 15) is 14.3 Å². The normalized spacial score (nSPS) is 13.9. The van der Waals surface area contributed by atoms with Crippen LogP contribution in [-0.4, -0.2) is 43.3 Å². The maximum Gasteiger partial charge on any atom is 0.335 e. The van der Waals surface area contributed by atoms with Crippen LogP contribution in [0.15, 0.2) is 66.9 Å². The van der Waals surface area contributed by atoms with E-state index in [0.29, 0.717) is 35.6 Å². The molecule has 0 amide bonds. The van der Waals surface area contributed by atoms with Crippen LogP contribution in [0.4, 0.5) is 8.78 Å². The molecule has 0 bridgehead atoms. The van der Waals surface area contributed by atoms with E-state index >= 15 is 4.39 Å². The lowest BCUT2D eigenvalue weighted by Crippen LogP contribution is -2.31. The Labute approximate surface area is 256 Å². The Hall–Kier alpha value is -5.06. The third-order valence-corrected chi connectivity index (χ3v) is 6.95. The van der Waals surface area contributed by atoms with Crippen LogP contribution in [0.5, 0.6) is 17.4 Å². The third kappa shape index (κ3) is 6.61. The van der Waals surface area contributed by atoms with Gasteiger partial charge in [-0.1, -0.05) is 6.07 Å². The fourth-order valence-electron chi connectivity index (χ4n) is 4.64. The van der Waals surface area contributed by atoms with Crippen molar-refractivity contribution < 1.29 is 32.9 Å². The lowest BCUT2D eigenvalue weighted by molar-refractivity contribution is -0.0589. The molecular formula is C31H25F2N5O5S. The van der Waals surface area contributed by atoms with Crippen molar-refractivity contribution in [1.29, 1.82) is 5.26 Å². The minimum atomic E-state index is -1.04. The number of halogens is 2. The molecule has 0 unspecified atom stereocenters. The first-order chi connectivity index (χ1) is 20.9. The number of nitriles is 1. The van der Waals surface area contributed by atoms with Gasteiger partial charge in [0.25, 0.3) is 0 Å². The molecule has 0 radical (unpaired) electrons. The zero-order valence-electron chi connectivity index (χ0n) is 23.0. The van der Waals surface area contributed by atoms with Crippen LogP contribution in [0.3, 0.4) is 0 Å². The van der Waals surface area contributed by atoms with Gasteiger partial charge in [-0.25, -0.2) is 23.5 Å². The summed E-state index contributed by atoms with van der Waals surface area (Å²) in [6, 6.07) is 16.4. The molecule has 0 spiro atoms. The number of fused-ring (bicyclic) bond motifs is 1. The van der Waals surface area contributed by atoms with Crippen LogP contribution in [0.1, 0.15) is 39.6 Å². The van der Waals surface area contributed by atoms with Crippen molar-refractivity contribution >= 4 is 30.5 Å². The SMILES string of the molecule is N#Cc1ccc(OCc2nccc(Oc3ccc(Cc4nc5ccc(C(=O)O)cc5n4C[C@@H]4CCO4)c(F)c3)n2)c(F)c1.S. The van der Waals surface area contributed by atoms with Gasteiger partial charge in [0.1, 0.15) is 24.0 Å². The topological polar surface area (TPSA) is 132 Å². The predicted molar refractivity (Wildman–Crippen MR) is 158 cm³/mol. The smallest absolute Gasteiger partial charge is 0.335 e. The number of imidazole rings is 1. The van der Waals surface area contributed by atoms with Gasteiger partial charge in [-0.15, -0.1) is 0 Å². The molecule has 1 N–H and O–H groups in total. The van der Waals surface area contributed by atoms with E-state index in [1.807, 2.05) is 10.6 Å². The highest BCUT2D eigenvalue weighted by Crippen LogP contribution is 2.27. The molecule has 224 valence electrons. The second-order valence-corrected chi connectivity index (χ2v) is 9.82. The predicted octanol–water partition coefficient (Wildman–Crippen LogP) is 5.54. The van der Waals surface area contributed by atoms with Gasteiger partial charge in [0.15, 0.2) is 17.4 Å². The molecule has 0 aliphatic carbocycles. The first-order valence-corrected chi connectivity index (χ1v) is 13.3. The number of ether oxygens (including phenoxy) is 3. The standard InChI is InChI=1S/C31H23F2N5O5.H2S/c32-23-14-21(43-30-7-9-35-28(37-30)17-42-27-6-1-18(15-34)11-24(27)33)4-2-19(23)13-29-36-25-5-3-20(31(39)40)12-26(25)38(29)16-22-8-10-41-22;/h1-7,9,11-12,14,22H,8,10,13,16-17H2,(H,39,40);1H2/t22-;/m0./s1. The van der Waals surface area contributed by atoms with Gasteiger partial charge in [0.05, 0.1) is 40.9 Å².